The van der Waals surface area contributed by atoms with Crippen LogP contribution in [0, 0.1) is 0 Å². The Labute approximate surface area is 111 Å². The van der Waals surface area contributed by atoms with Crippen molar-refractivity contribution in [3.05, 3.63) is 0 Å². The summed E-state index contributed by atoms with van der Waals surface area (Å²) in [5.41, 5.74) is 0. The van der Waals surface area contributed by atoms with Crippen LogP contribution >= 0.6 is 0 Å². The van der Waals surface area contributed by atoms with Crippen LogP contribution in [0.2, 0.25) is 0 Å². The van der Waals surface area contributed by atoms with Crippen molar-refractivity contribution in [3.8, 4) is 0 Å². The van der Waals surface area contributed by atoms with Gasteiger partial charge >= 0.3 is 0 Å². The molecule has 0 aromatic carbocycles. The summed E-state index contributed by atoms with van der Waals surface area (Å²) in [6.45, 7) is 9.10. The van der Waals surface area contributed by atoms with Gasteiger partial charge in [-0.3, -0.25) is 4.79 Å². The Kier molecular flexibility index (Phi) is 8.01. The molecule has 18 heavy (non-hydrogen) atoms. The number of carbonyl (C=O) groups excluding carboxylic acids is 1. The third-order valence-corrected chi connectivity index (χ3v) is 3.69. The maximum atomic E-state index is 11.6. The molecule has 1 fully saturated rings. The summed E-state index contributed by atoms with van der Waals surface area (Å²) in [6, 6.07) is 0.335. The zero-order valence-corrected chi connectivity index (χ0v) is 12.0. The number of hydrogen-bond acceptors (Lipinski definition) is 3. The molecule has 0 spiro atoms. The minimum atomic E-state index is 0.127. The number of nitrogens with zero attached hydrogens (tertiary/aromatic N) is 1. The van der Waals surface area contributed by atoms with E-state index in [0.29, 0.717) is 12.6 Å². The van der Waals surface area contributed by atoms with Crippen LogP contribution < -0.4 is 10.6 Å². The highest BCUT2D eigenvalue weighted by Gasteiger charge is 2.10. The summed E-state index contributed by atoms with van der Waals surface area (Å²) in [6.07, 6.45) is 6.05. The smallest absolute Gasteiger partial charge is 0.234 e. The van der Waals surface area contributed by atoms with Gasteiger partial charge in [-0.05, 0) is 38.8 Å². The molecule has 0 unspecified atom stereocenters. The average Bonchev–Trinajstić information content (AvgIpc) is 2.42. The van der Waals surface area contributed by atoms with Crippen LogP contribution in [-0.2, 0) is 4.79 Å². The molecule has 0 aromatic rings. The van der Waals surface area contributed by atoms with Gasteiger partial charge in [-0.2, -0.15) is 0 Å². The average molecular weight is 255 g/mol. The predicted molar refractivity (Wildman–Crippen MR) is 75.7 cm³/mol. The maximum Gasteiger partial charge on any atom is 0.234 e. The van der Waals surface area contributed by atoms with Crippen molar-refractivity contribution in [2.45, 2.75) is 52.0 Å². The summed E-state index contributed by atoms with van der Waals surface area (Å²) in [7, 11) is 0. The van der Waals surface area contributed by atoms with E-state index in [9.17, 15) is 4.79 Å². The molecule has 1 rings (SSSR count). The van der Waals surface area contributed by atoms with Gasteiger partial charge in [-0.1, -0.05) is 20.3 Å². The van der Waals surface area contributed by atoms with Crippen LogP contribution in [0.15, 0.2) is 0 Å². The molecule has 0 bridgehead atoms. The van der Waals surface area contributed by atoms with Crippen LogP contribution in [0.25, 0.3) is 0 Å². The fourth-order valence-corrected chi connectivity index (χ4v) is 2.39. The summed E-state index contributed by atoms with van der Waals surface area (Å²) in [5, 5.41) is 6.27. The van der Waals surface area contributed by atoms with E-state index in [4.69, 9.17) is 0 Å². The van der Waals surface area contributed by atoms with Crippen molar-refractivity contribution >= 4 is 5.91 Å². The molecule has 1 aliphatic heterocycles. The SMILES string of the molecule is CCC(CC)NC(=O)CNCCN1CCCCC1. The van der Waals surface area contributed by atoms with E-state index >= 15 is 0 Å². The molecule has 1 aliphatic rings. The predicted octanol–water partition coefficient (Wildman–Crippen LogP) is 1.37. The number of carbonyl (C=O) groups is 1. The molecule has 4 nitrogen and oxygen atoms in total. The number of amides is 1. The van der Waals surface area contributed by atoms with Gasteiger partial charge in [0.1, 0.15) is 0 Å². The molecule has 0 saturated carbocycles. The Hall–Kier alpha value is -0.610. The van der Waals surface area contributed by atoms with Crippen LogP contribution in [0.4, 0.5) is 0 Å². The number of nitrogens with one attached hydrogen (secondary N) is 2. The highest BCUT2D eigenvalue weighted by molar-refractivity contribution is 5.78. The number of likely N-dealkylation sites (tertiary alicyclic amines) is 1. The highest BCUT2D eigenvalue weighted by Crippen LogP contribution is 2.07. The van der Waals surface area contributed by atoms with Crippen molar-refractivity contribution in [2.24, 2.45) is 0 Å². The first-order chi connectivity index (χ1) is 8.76. The summed E-state index contributed by atoms with van der Waals surface area (Å²) >= 11 is 0. The highest BCUT2D eigenvalue weighted by atomic mass is 16.1. The van der Waals surface area contributed by atoms with Crippen molar-refractivity contribution in [2.75, 3.05) is 32.7 Å². The van der Waals surface area contributed by atoms with Crippen LogP contribution in [0.3, 0.4) is 0 Å². The Morgan fingerprint density at radius 3 is 2.44 bits per heavy atom. The third kappa shape index (κ3) is 6.36. The van der Waals surface area contributed by atoms with Crippen LogP contribution in [0.5, 0.6) is 0 Å². The van der Waals surface area contributed by atoms with Gasteiger partial charge in [0.2, 0.25) is 5.91 Å². The van der Waals surface area contributed by atoms with Crippen molar-refractivity contribution < 1.29 is 4.79 Å². The Balaban J connectivity index is 2.01. The number of hydrogen-bond donors (Lipinski definition) is 2. The standard InChI is InChI=1S/C14H29N3O/c1-3-13(4-2)16-14(18)12-15-8-11-17-9-6-5-7-10-17/h13,15H,3-12H2,1-2H3,(H,16,18). The van der Waals surface area contributed by atoms with Gasteiger partial charge in [0.25, 0.3) is 0 Å². The lowest BCUT2D eigenvalue weighted by atomic mass is 10.1. The van der Waals surface area contributed by atoms with Crippen molar-refractivity contribution in [3.63, 3.8) is 0 Å². The fraction of sp³-hybridized carbons (Fsp3) is 0.929. The molecule has 1 heterocycles. The Morgan fingerprint density at radius 1 is 1.17 bits per heavy atom. The first-order valence-electron chi connectivity index (χ1n) is 7.48. The molecule has 0 aliphatic carbocycles. The molecule has 0 radical (unpaired) electrons. The molecule has 1 saturated heterocycles. The summed E-state index contributed by atoms with van der Waals surface area (Å²) < 4.78 is 0. The molecular weight excluding hydrogens is 226 g/mol. The van der Waals surface area contributed by atoms with E-state index in [0.717, 1.165) is 25.9 Å². The van der Waals surface area contributed by atoms with E-state index in [2.05, 4.69) is 29.4 Å². The second-order valence-electron chi connectivity index (χ2n) is 5.16. The second kappa shape index (κ2) is 9.34. The normalized spacial score (nSPS) is 17.1. The summed E-state index contributed by atoms with van der Waals surface area (Å²) in [4.78, 5) is 14.1. The minimum Gasteiger partial charge on any atom is -0.352 e. The quantitative estimate of drug-likeness (QED) is 0.644. The molecule has 1 amide bonds. The molecule has 2 N–H and O–H groups in total. The monoisotopic (exact) mass is 255 g/mol. The third-order valence-electron chi connectivity index (χ3n) is 3.69. The zero-order chi connectivity index (χ0) is 13.2. The van der Waals surface area contributed by atoms with E-state index in [1.54, 1.807) is 0 Å². The Bertz CT molecular complexity index is 223. The van der Waals surface area contributed by atoms with Gasteiger partial charge in [-0.25, -0.2) is 0 Å². The molecule has 0 aromatic heterocycles. The van der Waals surface area contributed by atoms with E-state index in [-0.39, 0.29) is 5.91 Å². The number of piperidine rings is 1. The van der Waals surface area contributed by atoms with E-state index in [1.807, 2.05) is 0 Å². The van der Waals surface area contributed by atoms with E-state index < -0.39 is 0 Å². The van der Waals surface area contributed by atoms with Gasteiger partial charge in [0.15, 0.2) is 0 Å². The lowest BCUT2D eigenvalue weighted by molar-refractivity contribution is -0.121. The maximum absolute atomic E-state index is 11.6. The van der Waals surface area contributed by atoms with Crippen molar-refractivity contribution in [1.29, 1.82) is 0 Å². The lowest BCUT2D eigenvalue weighted by Crippen LogP contribution is -2.42. The van der Waals surface area contributed by atoms with Crippen LogP contribution in [0.1, 0.15) is 46.0 Å². The van der Waals surface area contributed by atoms with Crippen LogP contribution in [-0.4, -0.2) is 49.6 Å². The largest absolute Gasteiger partial charge is 0.352 e. The first-order valence-corrected chi connectivity index (χ1v) is 7.48. The number of rotatable bonds is 8. The van der Waals surface area contributed by atoms with Gasteiger partial charge in [-0.15, -0.1) is 0 Å². The molecule has 0 atom stereocenters. The molecular formula is C14H29N3O. The Morgan fingerprint density at radius 2 is 1.83 bits per heavy atom. The van der Waals surface area contributed by atoms with Gasteiger partial charge < -0.3 is 15.5 Å². The lowest BCUT2D eigenvalue weighted by Gasteiger charge is -2.26. The van der Waals surface area contributed by atoms with Gasteiger partial charge in [0, 0.05) is 19.1 Å². The molecule has 106 valence electrons. The summed E-state index contributed by atoms with van der Waals surface area (Å²) in [5.74, 6) is 0.127. The topological polar surface area (TPSA) is 44.4 Å². The fourth-order valence-electron chi connectivity index (χ4n) is 2.39. The second-order valence-corrected chi connectivity index (χ2v) is 5.16. The molecule has 4 heteroatoms. The van der Waals surface area contributed by atoms with Gasteiger partial charge in [0.05, 0.1) is 6.54 Å². The first kappa shape index (κ1) is 15.4. The van der Waals surface area contributed by atoms with Crippen molar-refractivity contribution in [1.82, 2.24) is 15.5 Å². The minimum absolute atomic E-state index is 0.127. The zero-order valence-electron chi connectivity index (χ0n) is 12.0. The van der Waals surface area contributed by atoms with E-state index in [1.165, 1.54) is 32.4 Å².